The first-order valence-electron chi connectivity index (χ1n) is 9.11. The Morgan fingerprint density at radius 1 is 1.14 bits per heavy atom. The number of furan rings is 1. The number of nitro benzene ring substituents is 1. The number of alkyl halides is 3. The first-order chi connectivity index (χ1) is 13.3. The van der Waals surface area contributed by atoms with Crippen molar-refractivity contribution in [3.63, 3.8) is 0 Å². The number of rotatable bonds is 4. The second-order valence-electron chi connectivity index (χ2n) is 6.25. The molecule has 9 heteroatoms. The number of benzene rings is 1. The number of hydrogen-bond donors (Lipinski definition) is 0. The van der Waals surface area contributed by atoms with Gasteiger partial charge in [-0.25, -0.2) is 0 Å². The highest BCUT2D eigenvalue weighted by Crippen LogP contribution is 2.36. The first-order valence-corrected chi connectivity index (χ1v) is 9.11. The third-order valence-corrected chi connectivity index (χ3v) is 4.55. The average molecular weight is 399 g/mol. The third kappa shape index (κ3) is 5.03. The summed E-state index contributed by atoms with van der Waals surface area (Å²) in [6.07, 6.45) is -2.98. The van der Waals surface area contributed by atoms with Gasteiger partial charge >= 0.3 is 6.18 Å². The van der Waals surface area contributed by atoms with Gasteiger partial charge in [-0.1, -0.05) is 13.8 Å². The molecule has 0 unspecified atom stereocenters. The Hall–Kier alpha value is -2.55. The van der Waals surface area contributed by atoms with Gasteiger partial charge in [0.25, 0.3) is 5.69 Å². The summed E-state index contributed by atoms with van der Waals surface area (Å²) in [5.41, 5.74) is -0.252. The van der Waals surface area contributed by atoms with Crippen LogP contribution in [0, 0.1) is 17.0 Å². The van der Waals surface area contributed by atoms with Crippen LogP contribution in [0.5, 0.6) is 0 Å². The molecule has 0 N–H and O–H groups in total. The molecule has 0 amide bonds. The van der Waals surface area contributed by atoms with Crippen LogP contribution in [-0.4, -0.2) is 36.0 Å². The van der Waals surface area contributed by atoms with Gasteiger partial charge in [-0.05, 0) is 30.7 Å². The van der Waals surface area contributed by atoms with Crippen LogP contribution in [0.15, 0.2) is 34.9 Å². The molecule has 1 aliphatic rings. The van der Waals surface area contributed by atoms with E-state index in [2.05, 4.69) is 4.90 Å². The number of hydrogen-bond acceptors (Lipinski definition) is 5. The maximum atomic E-state index is 12.8. The fraction of sp³-hybridized carbons (Fsp3) is 0.474. The number of anilines is 1. The van der Waals surface area contributed by atoms with Crippen molar-refractivity contribution in [1.29, 1.82) is 0 Å². The zero-order valence-electron chi connectivity index (χ0n) is 16.1. The van der Waals surface area contributed by atoms with Crippen LogP contribution in [0.4, 0.5) is 24.5 Å². The predicted molar refractivity (Wildman–Crippen MR) is 100 cm³/mol. The highest BCUT2D eigenvalue weighted by atomic mass is 19.4. The van der Waals surface area contributed by atoms with Crippen molar-refractivity contribution in [2.24, 2.45) is 0 Å². The van der Waals surface area contributed by atoms with Crippen molar-refractivity contribution < 1.29 is 22.5 Å². The maximum Gasteiger partial charge on any atom is 0.416 e. The summed E-state index contributed by atoms with van der Waals surface area (Å²) in [6.45, 7) is 8.86. The summed E-state index contributed by atoms with van der Waals surface area (Å²) < 4.78 is 43.9. The second kappa shape index (κ2) is 9.09. The minimum atomic E-state index is -4.61. The molecule has 6 nitrogen and oxygen atoms in total. The molecule has 0 saturated carbocycles. The summed E-state index contributed by atoms with van der Waals surface area (Å²) in [4.78, 5) is 14.4. The molecule has 0 atom stereocenters. The minimum absolute atomic E-state index is 0.219. The molecular formula is C19H24F3N3O3. The van der Waals surface area contributed by atoms with Gasteiger partial charge in [-0.3, -0.25) is 15.0 Å². The molecular weight excluding hydrogens is 375 g/mol. The lowest BCUT2D eigenvalue weighted by atomic mass is 10.1. The molecule has 0 aliphatic carbocycles. The standard InChI is InChI=1S/C17H18F3N3O3.C2H6/c1-12-4-9-26-16(12)11-21-5-7-22(8-6-21)14-3-2-13(17(18,19)20)10-15(14)23(24)25;1-2/h2-4,9-10H,5-8,11H2,1H3;1-2H3. The van der Waals surface area contributed by atoms with Crippen LogP contribution in [0.3, 0.4) is 0 Å². The zero-order valence-corrected chi connectivity index (χ0v) is 16.1. The van der Waals surface area contributed by atoms with Gasteiger partial charge in [0.05, 0.1) is 23.3 Å². The van der Waals surface area contributed by atoms with Gasteiger partial charge in [-0.2, -0.15) is 13.2 Å². The van der Waals surface area contributed by atoms with Crippen molar-refractivity contribution in [2.45, 2.75) is 33.5 Å². The number of halogens is 3. The summed E-state index contributed by atoms with van der Waals surface area (Å²) in [7, 11) is 0. The first kappa shape index (κ1) is 21.7. The summed E-state index contributed by atoms with van der Waals surface area (Å²) in [5, 5.41) is 11.2. The van der Waals surface area contributed by atoms with E-state index in [1.54, 1.807) is 11.2 Å². The molecule has 1 saturated heterocycles. The summed E-state index contributed by atoms with van der Waals surface area (Å²) in [6, 6.07) is 4.57. The Kier molecular flexibility index (Phi) is 7.06. The Morgan fingerprint density at radius 2 is 1.79 bits per heavy atom. The lowest BCUT2D eigenvalue weighted by Gasteiger charge is -2.35. The van der Waals surface area contributed by atoms with E-state index >= 15 is 0 Å². The molecule has 2 aromatic rings. The van der Waals surface area contributed by atoms with Gasteiger partial charge in [0.2, 0.25) is 0 Å². The molecule has 154 valence electrons. The highest BCUT2D eigenvalue weighted by Gasteiger charge is 2.34. The van der Waals surface area contributed by atoms with Crippen molar-refractivity contribution in [1.82, 2.24) is 4.90 Å². The lowest BCUT2D eigenvalue weighted by Crippen LogP contribution is -2.46. The normalized spacial score (nSPS) is 15.1. The van der Waals surface area contributed by atoms with Crippen LogP contribution in [-0.2, 0) is 12.7 Å². The molecule has 0 spiro atoms. The van der Waals surface area contributed by atoms with E-state index in [9.17, 15) is 23.3 Å². The van der Waals surface area contributed by atoms with Crippen LogP contribution in [0.1, 0.15) is 30.7 Å². The molecule has 1 aromatic carbocycles. The molecule has 1 fully saturated rings. The zero-order chi connectivity index (χ0) is 20.9. The van der Waals surface area contributed by atoms with E-state index in [-0.39, 0.29) is 5.69 Å². The topological polar surface area (TPSA) is 62.8 Å². The molecule has 28 heavy (non-hydrogen) atoms. The van der Waals surface area contributed by atoms with Gasteiger partial charge in [0.15, 0.2) is 0 Å². The van der Waals surface area contributed by atoms with E-state index in [1.165, 1.54) is 6.07 Å². The van der Waals surface area contributed by atoms with Crippen LogP contribution in [0.2, 0.25) is 0 Å². The van der Waals surface area contributed by atoms with Crippen molar-refractivity contribution in [3.8, 4) is 0 Å². The summed E-state index contributed by atoms with van der Waals surface area (Å²) in [5.74, 6) is 0.874. The number of aryl methyl sites for hydroxylation is 1. The molecule has 2 heterocycles. The predicted octanol–water partition coefficient (Wildman–Crippen LogP) is 4.86. The SMILES string of the molecule is CC.Cc1ccoc1CN1CCN(c2ccc(C(F)(F)F)cc2[N+](=O)[O-])CC1. The van der Waals surface area contributed by atoms with Crippen molar-refractivity contribution >= 4 is 11.4 Å². The van der Waals surface area contributed by atoms with Crippen molar-refractivity contribution in [2.75, 3.05) is 31.1 Å². The third-order valence-electron chi connectivity index (χ3n) is 4.55. The largest absolute Gasteiger partial charge is 0.468 e. The fourth-order valence-corrected chi connectivity index (χ4v) is 3.03. The average Bonchev–Trinajstić information content (AvgIpc) is 3.07. The molecule has 3 rings (SSSR count). The number of nitro groups is 1. The van der Waals surface area contributed by atoms with E-state index in [0.29, 0.717) is 38.8 Å². The van der Waals surface area contributed by atoms with Gasteiger partial charge in [-0.15, -0.1) is 0 Å². The Balaban J connectivity index is 0.00000136. The van der Waals surface area contributed by atoms with Gasteiger partial charge in [0.1, 0.15) is 11.4 Å². The minimum Gasteiger partial charge on any atom is -0.468 e. The van der Waals surface area contributed by atoms with Gasteiger partial charge in [0, 0.05) is 32.2 Å². The van der Waals surface area contributed by atoms with Crippen LogP contribution in [0.25, 0.3) is 0 Å². The fourth-order valence-electron chi connectivity index (χ4n) is 3.03. The lowest BCUT2D eigenvalue weighted by molar-refractivity contribution is -0.384. The van der Waals surface area contributed by atoms with Crippen LogP contribution >= 0.6 is 0 Å². The quantitative estimate of drug-likeness (QED) is 0.543. The molecule has 0 radical (unpaired) electrons. The van der Waals surface area contributed by atoms with E-state index in [0.717, 1.165) is 17.4 Å². The number of piperazine rings is 1. The van der Waals surface area contributed by atoms with E-state index in [1.807, 2.05) is 26.8 Å². The Morgan fingerprint density at radius 3 is 2.29 bits per heavy atom. The van der Waals surface area contributed by atoms with Crippen LogP contribution < -0.4 is 4.90 Å². The van der Waals surface area contributed by atoms with E-state index in [4.69, 9.17) is 4.42 Å². The van der Waals surface area contributed by atoms with Crippen molar-refractivity contribution in [3.05, 3.63) is 57.5 Å². The summed E-state index contributed by atoms with van der Waals surface area (Å²) >= 11 is 0. The molecule has 0 bridgehead atoms. The highest BCUT2D eigenvalue weighted by molar-refractivity contribution is 5.65. The number of nitrogens with zero attached hydrogens (tertiary/aromatic N) is 3. The molecule has 1 aliphatic heterocycles. The Bertz CT molecular complexity index is 797. The molecule has 1 aromatic heterocycles. The monoisotopic (exact) mass is 399 g/mol. The smallest absolute Gasteiger partial charge is 0.416 e. The Labute approximate surface area is 161 Å². The maximum absolute atomic E-state index is 12.8. The van der Waals surface area contributed by atoms with Gasteiger partial charge < -0.3 is 9.32 Å². The van der Waals surface area contributed by atoms with E-state index < -0.39 is 22.4 Å². The second-order valence-corrected chi connectivity index (χ2v) is 6.25.